The van der Waals surface area contributed by atoms with Gasteiger partial charge in [-0.3, -0.25) is 4.79 Å². The van der Waals surface area contributed by atoms with Crippen molar-refractivity contribution in [3.8, 4) is 0 Å². The van der Waals surface area contributed by atoms with Gasteiger partial charge in [0.1, 0.15) is 23.9 Å². The standard InChI is InChI=1S/C19H26O6/c1-9(2)17(21)24-15-14-11(4)18(22)23-12(14)8-10(3)6-7-13-19(5,25-13)16(15)20/h8-9,12-16,20H,4,6-7H2,1-3,5H3/b10-8-/t12-,13+,14-,15+,16-,19-/m0/s1. The molecule has 6 atom stereocenters. The first-order chi connectivity index (χ1) is 11.6. The number of aliphatic hydroxyl groups excluding tert-OH is 1. The van der Waals surface area contributed by atoms with Crippen LogP contribution >= 0.6 is 0 Å². The summed E-state index contributed by atoms with van der Waals surface area (Å²) in [7, 11) is 0. The van der Waals surface area contributed by atoms with Crippen molar-refractivity contribution < 1.29 is 28.9 Å². The number of hydrogen-bond acceptors (Lipinski definition) is 6. The second kappa shape index (κ2) is 6.25. The number of allylic oxidation sites excluding steroid dienone is 1. The van der Waals surface area contributed by atoms with Crippen molar-refractivity contribution in [2.45, 2.75) is 70.6 Å². The maximum atomic E-state index is 12.2. The van der Waals surface area contributed by atoms with Gasteiger partial charge in [0, 0.05) is 5.57 Å². The van der Waals surface area contributed by atoms with Crippen LogP contribution in [0.1, 0.15) is 40.5 Å². The molecule has 0 spiro atoms. The number of carbonyl (C=O) groups is 2. The number of esters is 2. The van der Waals surface area contributed by atoms with E-state index in [1.54, 1.807) is 13.8 Å². The smallest absolute Gasteiger partial charge is 0.334 e. The van der Waals surface area contributed by atoms with Gasteiger partial charge in [0.2, 0.25) is 0 Å². The Labute approximate surface area is 147 Å². The lowest BCUT2D eigenvalue weighted by atomic mass is 9.80. The summed E-state index contributed by atoms with van der Waals surface area (Å²) in [4.78, 5) is 24.3. The van der Waals surface area contributed by atoms with E-state index in [0.717, 1.165) is 18.4 Å². The second-order valence-electron chi connectivity index (χ2n) is 7.76. The first-order valence-corrected chi connectivity index (χ1v) is 8.78. The fourth-order valence-electron chi connectivity index (χ4n) is 3.66. The molecule has 0 bridgehead atoms. The van der Waals surface area contributed by atoms with Crippen molar-refractivity contribution in [1.82, 2.24) is 0 Å². The Hall–Kier alpha value is -1.66. The summed E-state index contributed by atoms with van der Waals surface area (Å²) in [5, 5.41) is 11.0. The molecular weight excluding hydrogens is 324 g/mol. The summed E-state index contributed by atoms with van der Waals surface area (Å²) in [5.41, 5.74) is 0.493. The Balaban J connectivity index is 2.01. The third kappa shape index (κ3) is 3.13. The van der Waals surface area contributed by atoms with E-state index in [4.69, 9.17) is 14.2 Å². The normalized spacial score (nSPS) is 42.8. The van der Waals surface area contributed by atoms with E-state index in [1.807, 2.05) is 19.9 Å². The van der Waals surface area contributed by atoms with Crippen LogP contribution < -0.4 is 0 Å². The van der Waals surface area contributed by atoms with Gasteiger partial charge in [-0.15, -0.1) is 0 Å². The number of aliphatic hydroxyl groups is 1. The van der Waals surface area contributed by atoms with E-state index in [-0.39, 0.29) is 17.6 Å². The molecule has 2 saturated heterocycles. The molecule has 2 aliphatic heterocycles. The predicted octanol–water partition coefficient (Wildman–Crippen LogP) is 1.91. The lowest BCUT2D eigenvalue weighted by Crippen LogP contribution is -2.49. The molecule has 0 radical (unpaired) electrons. The van der Waals surface area contributed by atoms with Crippen LogP contribution in [0.3, 0.4) is 0 Å². The van der Waals surface area contributed by atoms with Crippen LogP contribution in [0.5, 0.6) is 0 Å². The molecule has 0 saturated carbocycles. The third-order valence-corrected chi connectivity index (χ3v) is 5.47. The van der Waals surface area contributed by atoms with E-state index in [9.17, 15) is 14.7 Å². The number of rotatable bonds is 2. The SMILES string of the molecule is C=C1C(=O)O[C@H]2/C=C(/C)CC[C@H]3O[C@]3(C)[C@@H](O)[C@H](OC(=O)C(C)C)[C@@H]12. The fraction of sp³-hybridized carbons (Fsp3) is 0.684. The Bertz CT molecular complexity index is 636. The molecule has 0 amide bonds. The van der Waals surface area contributed by atoms with Crippen molar-refractivity contribution >= 4 is 11.9 Å². The zero-order valence-corrected chi connectivity index (χ0v) is 15.2. The Morgan fingerprint density at radius 3 is 2.80 bits per heavy atom. The van der Waals surface area contributed by atoms with Crippen LogP contribution in [0.2, 0.25) is 0 Å². The maximum absolute atomic E-state index is 12.2. The molecule has 0 aromatic carbocycles. The van der Waals surface area contributed by atoms with Gasteiger partial charge in [0.25, 0.3) is 0 Å². The molecule has 1 aliphatic carbocycles. The molecule has 2 heterocycles. The van der Waals surface area contributed by atoms with Gasteiger partial charge in [0.15, 0.2) is 0 Å². The van der Waals surface area contributed by atoms with Crippen molar-refractivity contribution in [1.29, 1.82) is 0 Å². The number of epoxide rings is 1. The maximum Gasteiger partial charge on any atom is 0.334 e. The van der Waals surface area contributed by atoms with Crippen LogP contribution in [-0.2, 0) is 23.8 Å². The summed E-state index contributed by atoms with van der Waals surface area (Å²) >= 11 is 0. The molecule has 0 aromatic rings. The zero-order valence-electron chi connectivity index (χ0n) is 15.2. The van der Waals surface area contributed by atoms with Crippen LogP contribution in [0.25, 0.3) is 0 Å². The highest BCUT2D eigenvalue weighted by atomic mass is 16.6. The van der Waals surface area contributed by atoms with E-state index in [0.29, 0.717) is 0 Å². The van der Waals surface area contributed by atoms with E-state index < -0.39 is 41.8 Å². The summed E-state index contributed by atoms with van der Waals surface area (Å²) in [6.07, 6.45) is 0.701. The van der Waals surface area contributed by atoms with Crippen molar-refractivity contribution in [2.75, 3.05) is 0 Å². The van der Waals surface area contributed by atoms with Gasteiger partial charge in [-0.25, -0.2) is 4.79 Å². The summed E-state index contributed by atoms with van der Waals surface area (Å²) < 4.78 is 16.8. The van der Waals surface area contributed by atoms with Crippen LogP contribution in [0.4, 0.5) is 0 Å². The molecule has 0 aromatic heterocycles. The largest absolute Gasteiger partial charge is 0.458 e. The first-order valence-electron chi connectivity index (χ1n) is 8.78. The predicted molar refractivity (Wildman–Crippen MR) is 89.5 cm³/mol. The van der Waals surface area contributed by atoms with Gasteiger partial charge in [0.05, 0.1) is 17.9 Å². The highest BCUT2D eigenvalue weighted by Crippen LogP contribution is 2.48. The summed E-state index contributed by atoms with van der Waals surface area (Å²) in [5.74, 6) is -1.93. The average Bonchev–Trinajstić information content (AvgIpc) is 3.13. The van der Waals surface area contributed by atoms with E-state index >= 15 is 0 Å². The number of ether oxygens (including phenoxy) is 3. The molecule has 6 heteroatoms. The van der Waals surface area contributed by atoms with Crippen LogP contribution in [0, 0.1) is 11.8 Å². The van der Waals surface area contributed by atoms with Gasteiger partial charge in [-0.1, -0.05) is 26.0 Å². The summed E-state index contributed by atoms with van der Waals surface area (Å²) in [6.45, 7) is 11.1. The van der Waals surface area contributed by atoms with Gasteiger partial charge in [-0.05, 0) is 32.8 Å². The molecule has 1 N–H and O–H groups in total. The zero-order chi connectivity index (χ0) is 18.5. The quantitative estimate of drug-likeness (QED) is 0.354. The lowest BCUT2D eigenvalue weighted by Gasteiger charge is -2.33. The Kier molecular flexibility index (Phi) is 4.54. The second-order valence-corrected chi connectivity index (χ2v) is 7.76. The van der Waals surface area contributed by atoms with E-state index in [2.05, 4.69) is 6.58 Å². The Morgan fingerprint density at radius 2 is 2.16 bits per heavy atom. The average molecular weight is 350 g/mol. The minimum Gasteiger partial charge on any atom is -0.458 e. The van der Waals surface area contributed by atoms with E-state index in [1.165, 1.54) is 0 Å². The highest BCUT2D eigenvalue weighted by molar-refractivity contribution is 5.91. The monoisotopic (exact) mass is 350 g/mol. The highest BCUT2D eigenvalue weighted by Gasteiger charge is 2.62. The van der Waals surface area contributed by atoms with Crippen molar-refractivity contribution in [2.24, 2.45) is 11.8 Å². The van der Waals surface area contributed by atoms with Crippen molar-refractivity contribution in [3.63, 3.8) is 0 Å². The third-order valence-electron chi connectivity index (χ3n) is 5.47. The van der Waals surface area contributed by atoms with Crippen molar-refractivity contribution in [3.05, 3.63) is 23.8 Å². The van der Waals surface area contributed by atoms with Crippen LogP contribution in [0.15, 0.2) is 23.8 Å². The summed E-state index contributed by atoms with van der Waals surface area (Å²) in [6, 6.07) is 0. The Morgan fingerprint density at radius 1 is 1.48 bits per heavy atom. The lowest BCUT2D eigenvalue weighted by molar-refractivity contribution is -0.166. The van der Waals surface area contributed by atoms with Gasteiger partial charge in [-0.2, -0.15) is 0 Å². The molecule has 0 unspecified atom stereocenters. The fourth-order valence-corrected chi connectivity index (χ4v) is 3.66. The van der Waals surface area contributed by atoms with Gasteiger partial charge < -0.3 is 19.3 Å². The number of carbonyl (C=O) groups excluding carboxylic acids is 2. The molecule has 25 heavy (non-hydrogen) atoms. The minimum absolute atomic E-state index is 0.103. The molecule has 3 aliphatic rings. The van der Waals surface area contributed by atoms with Crippen LogP contribution in [-0.4, -0.2) is 47.1 Å². The molecule has 138 valence electrons. The molecule has 6 nitrogen and oxygen atoms in total. The topological polar surface area (TPSA) is 85.4 Å². The molecule has 2 fully saturated rings. The van der Waals surface area contributed by atoms with Gasteiger partial charge >= 0.3 is 11.9 Å². The first kappa shape index (κ1) is 18.1. The molecular formula is C19H26O6. The molecule has 3 rings (SSSR count). The minimum atomic E-state index is -1.06. The number of fused-ring (bicyclic) bond motifs is 2. The number of hydrogen-bond donors (Lipinski definition) is 1.